The molecule has 0 aliphatic carbocycles. The number of nitrogens with one attached hydrogen (secondary N) is 1. The molecule has 0 unspecified atom stereocenters. The van der Waals surface area contributed by atoms with Gasteiger partial charge in [0, 0.05) is 30.7 Å². The summed E-state index contributed by atoms with van der Waals surface area (Å²) in [6.07, 6.45) is 0. The molecule has 0 saturated carbocycles. The molecule has 2 aromatic carbocycles. The number of aromatic nitrogens is 4. The predicted molar refractivity (Wildman–Crippen MR) is 132 cm³/mol. The Balaban J connectivity index is 1.53. The lowest BCUT2D eigenvalue weighted by atomic mass is 10.2. The van der Waals surface area contributed by atoms with Gasteiger partial charge in [0.1, 0.15) is 18.0 Å². The number of carbonyl (C=O) groups is 1. The summed E-state index contributed by atoms with van der Waals surface area (Å²) < 4.78 is 13.3. The normalized spacial score (nSPS) is 13.9. The van der Waals surface area contributed by atoms with Gasteiger partial charge in [-0.25, -0.2) is 18.9 Å². The fourth-order valence-corrected chi connectivity index (χ4v) is 4.91. The fourth-order valence-electron chi connectivity index (χ4n) is 4.01. The first-order chi connectivity index (χ1) is 16.6. The van der Waals surface area contributed by atoms with Gasteiger partial charge in [-0.15, -0.1) is 5.10 Å². The highest BCUT2D eigenvalue weighted by Crippen LogP contribution is 2.29. The van der Waals surface area contributed by atoms with Crippen molar-refractivity contribution in [1.29, 1.82) is 0 Å². The van der Waals surface area contributed by atoms with Crippen LogP contribution in [0.1, 0.15) is 0 Å². The smallest absolute Gasteiger partial charge is 0.351 e. The van der Waals surface area contributed by atoms with Crippen LogP contribution in [0.15, 0.2) is 47.3 Å². The molecule has 11 heteroatoms. The van der Waals surface area contributed by atoms with Gasteiger partial charge in [-0.05, 0) is 24.3 Å². The van der Waals surface area contributed by atoms with Crippen LogP contribution in [0.2, 0.25) is 0 Å². The van der Waals surface area contributed by atoms with Crippen molar-refractivity contribution in [1.82, 2.24) is 19.2 Å². The van der Waals surface area contributed by atoms with Crippen LogP contribution in [0.3, 0.4) is 0 Å². The lowest BCUT2D eigenvalue weighted by Gasteiger charge is -2.27. The Morgan fingerprint density at radius 1 is 1.12 bits per heavy atom. The molecule has 1 N–H and O–H groups in total. The van der Waals surface area contributed by atoms with Gasteiger partial charge in [-0.1, -0.05) is 12.1 Å². The third-order valence-corrected chi connectivity index (χ3v) is 6.62. The number of carbonyl (C=O) groups excluding carboxylic acids is 1. The first-order valence-electron chi connectivity index (χ1n) is 10.8. The second kappa shape index (κ2) is 9.26. The van der Waals surface area contributed by atoms with E-state index < -0.39 is 11.6 Å². The molecule has 5 rings (SSSR count). The Bertz CT molecular complexity index is 1430. The Kier molecular flexibility index (Phi) is 6.01. The molecule has 4 aromatic rings. The number of anilines is 2. The second-order valence-corrected chi connectivity index (χ2v) is 8.96. The van der Waals surface area contributed by atoms with Crippen LogP contribution in [0.4, 0.5) is 11.5 Å². The number of nitrogens with zero attached hydrogens (tertiary/aromatic N) is 5. The highest BCUT2D eigenvalue weighted by molar-refractivity contribution is 7.99. The summed E-state index contributed by atoms with van der Waals surface area (Å²) in [4.78, 5) is 33.2. The van der Waals surface area contributed by atoms with E-state index in [1.165, 1.54) is 11.8 Å². The number of rotatable bonds is 6. The average molecular weight is 481 g/mol. The van der Waals surface area contributed by atoms with Gasteiger partial charge in [0.15, 0.2) is 5.82 Å². The SMILES string of the molecule is COc1ccc(OC)c(NC(=O)Cn2nc3c(N4CCSCC4)nc4ccccc4n3c2=O)c1. The summed E-state index contributed by atoms with van der Waals surface area (Å²) in [7, 11) is 3.06. The predicted octanol–water partition coefficient (Wildman–Crippen LogP) is 2.25. The van der Waals surface area contributed by atoms with Crippen LogP contribution in [0.5, 0.6) is 11.5 Å². The molecule has 176 valence electrons. The summed E-state index contributed by atoms with van der Waals surface area (Å²) in [5.41, 5.74) is 1.85. The van der Waals surface area contributed by atoms with E-state index in [2.05, 4.69) is 15.3 Å². The number of hydrogen-bond donors (Lipinski definition) is 1. The Labute approximate surface area is 199 Å². The summed E-state index contributed by atoms with van der Waals surface area (Å²) in [6, 6.07) is 12.6. The molecule has 3 heterocycles. The largest absolute Gasteiger partial charge is 0.497 e. The lowest BCUT2D eigenvalue weighted by Crippen LogP contribution is -2.33. The van der Waals surface area contributed by atoms with Gasteiger partial charge in [0.2, 0.25) is 11.6 Å². The van der Waals surface area contributed by atoms with E-state index in [9.17, 15) is 9.59 Å². The van der Waals surface area contributed by atoms with Crippen molar-refractivity contribution in [3.63, 3.8) is 0 Å². The zero-order valence-corrected chi connectivity index (χ0v) is 19.7. The number of amides is 1. The Hall–Kier alpha value is -3.73. The highest BCUT2D eigenvalue weighted by atomic mass is 32.2. The third-order valence-electron chi connectivity index (χ3n) is 5.67. The van der Waals surface area contributed by atoms with Crippen molar-refractivity contribution in [3.8, 4) is 11.5 Å². The molecular weight excluding hydrogens is 456 g/mol. The minimum atomic E-state index is -0.412. The number of para-hydroxylation sites is 2. The Morgan fingerprint density at radius 2 is 1.91 bits per heavy atom. The molecule has 10 nitrogen and oxygen atoms in total. The van der Waals surface area contributed by atoms with Crippen LogP contribution in [-0.2, 0) is 11.3 Å². The first-order valence-corrected chi connectivity index (χ1v) is 12.0. The van der Waals surface area contributed by atoms with E-state index in [4.69, 9.17) is 14.5 Å². The Morgan fingerprint density at radius 3 is 2.68 bits per heavy atom. The first kappa shape index (κ1) is 22.1. The molecule has 2 aromatic heterocycles. The monoisotopic (exact) mass is 480 g/mol. The van der Waals surface area contributed by atoms with Gasteiger partial charge in [-0.2, -0.15) is 11.8 Å². The van der Waals surface area contributed by atoms with Crippen molar-refractivity contribution in [2.45, 2.75) is 6.54 Å². The number of ether oxygens (including phenoxy) is 2. The second-order valence-electron chi connectivity index (χ2n) is 7.74. The van der Waals surface area contributed by atoms with Crippen molar-refractivity contribution < 1.29 is 14.3 Å². The summed E-state index contributed by atoms with van der Waals surface area (Å²) in [6.45, 7) is 1.39. The van der Waals surface area contributed by atoms with Crippen LogP contribution in [0.25, 0.3) is 16.7 Å². The van der Waals surface area contributed by atoms with Crippen molar-refractivity contribution in [2.24, 2.45) is 0 Å². The minimum Gasteiger partial charge on any atom is -0.497 e. The van der Waals surface area contributed by atoms with Gasteiger partial charge in [0.05, 0.1) is 30.9 Å². The van der Waals surface area contributed by atoms with Crippen molar-refractivity contribution >= 4 is 45.9 Å². The molecule has 1 fully saturated rings. The van der Waals surface area contributed by atoms with E-state index in [1.807, 2.05) is 36.0 Å². The number of methoxy groups -OCH3 is 2. The molecule has 0 spiro atoms. The van der Waals surface area contributed by atoms with Crippen LogP contribution >= 0.6 is 11.8 Å². The molecule has 1 aliphatic heterocycles. The molecule has 0 bridgehead atoms. The van der Waals surface area contributed by atoms with Gasteiger partial charge in [0.25, 0.3) is 0 Å². The third kappa shape index (κ3) is 4.03. The molecular formula is C23H24N6O4S. The topological polar surface area (TPSA) is 103 Å². The molecule has 1 saturated heterocycles. The van der Waals surface area contributed by atoms with Gasteiger partial charge in [-0.3, -0.25) is 4.79 Å². The highest BCUT2D eigenvalue weighted by Gasteiger charge is 2.22. The molecule has 0 atom stereocenters. The quantitative estimate of drug-likeness (QED) is 0.448. The standard InChI is InChI=1S/C23H24N6O4S/c1-32-15-7-8-19(33-2)17(13-15)24-20(30)14-28-23(31)29-18-6-4-3-5-16(18)25-21(22(29)26-28)27-9-11-34-12-10-27/h3-8,13H,9-12,14H2,1-2H3,(H,24,30). The summed E-state index contributed by atoms with van der Waals surface area (Å²) >= 11 is 1.89. The van der Waals surface area contributed by atoms with Crippen molar-refractivity contribution in [3.05, 3.63) is 52.9 Å². The summed E-state index contributed by atoms with van der Waals surface area (Å²) in [5, 5.41) is 7.32. The zero-order valence-electron chi connectivity index (χ0n) is 18.9. The van der Waals surface area contributed by atoms with Crippen molar-refractivity contribution in [2.75, 3.05) is 49.0 Å². The maximum absolute atomic E-state index is 13.4. The molecule has 0 radical (unpaired) electrons. The van der Waals surface area contributed by atoms with E-state index in [0.29, 0.717) is 39.7 Å². The van der Waals surface area contributed by atoms with Crippen LogP contribution in [0, 0.1) is 0 Å². The van der Waals surface area contributed by atoms with Crippen LogP contribution < -0.4 is 25.4 Å². The molecule has 1 amide bonds. The van der Waals surface area contributed by atoms with E-state index in [0.717, 1.165) is 24.6 Å². The number of thioether (sulfide) groups is 1. The lowest BCUT2D eigenvalue weighted by molar-refractivity contribution is -0.117. The minimum absolute atomic E-state index is 0.259. The van der Waals surface area contributed by atoms with Gasteiger partial charge < -0.3 is 19.7 Å². The van der Waals surface area contributed by atoms with E-state index >= 15 is 0 Å². The zero-order chi connectivity index (χ0) is 23.7. The fraction of sp³-hybridized carbons (Fsp3) is 0.304. The average Bonchev–Trinajstić information content (AvgIpc) is 3.19. The number of benzene rings is 2. The van der Waals surface area contributed by atoms with E-state index in [1.54, 1.807) is 29.7 Å². The number of fused-ring (bicyclic) bond motifs is 3. The van der Waals surface area contributed by atoms with E-state index in [-0.39, 0.29) is 6.54 Å². The van der Waals surface area contributed by atoms with Crippen LogP contribution in [-0.4, -0.2) is 63.9 Å². The molecule has 1 aliphatic rings. The summed E-state index contributed by atoms with van der Waals surface area (Å²) in [5.74, 6) is 3.27. The van der Waals surface area contributed by atoms with Gasteiger partial charge >= 0.3 is 5.69 Å². The maximum atomic E-state index is 13.4. The maximum Gasteiger partial charge on any atom is 0.351 e. The molecule has 34 heavy (non-hydrogen) atoms. The number of hydrogen-bond acceptors (Lipinski definition) is 8.